The summed E-state index contributed by atoms with van der Waals surface area (Å²) in [5, 5.41) is 12.8. The fourth-order valence-corrected chi connectivity index (χ4v) is 7.42. The van der Waals surface area contributed by atoms with E-state index in [1.165, 1.54) is 11.1 Å². The Balaban J connectivity index is 1.37. The Labute approximate surface area is 228 Å². The summed E-state index contributed by atoms with van der Waals surface area (Å²) in [6.45, 7) is 1.93. The summed E-state index contributed by atoms with van der Waals surface area (Å²) in [6.07, 6.45) is 4.90. The molecule has 0 amide bonds. The van der Waals surface area contributed by atoms with Gasteiger partial charge in [-0.25, -0.2) is 4.98 Å². The molecule has 4 heteroatoms. The van der Waals surface area contributed by atoms with Crippen LogP contribution >= 0.6 is 11.6 Å². The number of rotatable bonds is 6. The van der Waals surface area contributed by atoms with Gasteiger partial charge in [0.1, 0.15) is 11.1 Å². The van der Waals surface area contributed by atoms with Gasteiger partial charge in [0.25, 0.3) is 0 Å². The van der Waals surface area contributed by atoms with Crippen LogP contribution in [0.15, 0.2) is 122 Å². The molecule has 1 heterocycles. The molecule has 0 saturated heterocycles. The standard InChI is InChI=1S/C34H29ClN2O/c1-33(38,32-27-20-23-12-11-19-28(35)30(23)31(27)32)29-21-37(22-36-29)34(24-13-5-2-6-14-24,25-15-7-3-8-16-25)26-17-9-4-10-18-26/h2-19,21-22,27,31-32,38H,20H2,1H3. The van der Waals surface area contributed by atoms with Gasteiger partial charge in [-0.15, -0.1) is 0 Å². The summed E-state index contributed by atoms with van der Waals surface area (Å²) in [7, 11) is 0. The summed E-state index contributed by atoms with van der Waals surface area (Å²) in [5.41, 5.74) is 4.89. The molecule has 4 aromatic carbocycles. The van der Waals surface area contributed by atoms with Crippen LogP contribution in [0.5, 0.6) is 0 Å². The quantitative estimate of drug-likeness (QED) is 0.243. The van der Waals surface area contributed by atoms with Crippen LogP contribution in [-0.4, -0.2) is 14.7 Å². The van der Waals surface area contributed by atoms with Crippen LogP contribution in [0.25, 0.3) is 0 Å². The lowest BCUT2D eigenvalue weighted by molar-refractivity contribution is 0.0208. The van der Waals surface area contributed by atoms with E-state index in [2.05, 4.69) is 89.6 Å². The molecule has 0 aliphatic heterocycles. The second kappa shape index (κ2) is 8.69. The molecule has 3 nitrogen and oxygen atoms in total. The van der Waals surface area contributed by atoms with Crippen molar-refractivity contribution in [2.45, 2.75) is 30.4 Å². The van der Waals surface area contributed by atoms with Gasteiger partial charge >= 0.3 is 0 Å². The lowest BCUT2D eigenvalue weighted by atomic mass is 9.76. The largest absolute Gasteiger partial charge is 0.383 e. The highest BCUT2D eigenvalue weighted by Gasteiger charge is 2.64. The summed E-state index contributed by atoms with van der Waals surface area (Å²) in [5.74, 6) is 0.769. The van der Waals surface area contributed by atoms with Gasteiger partial charge in [0, 0.05) is 17.1 Å². The van der Waals surface area contributed by atoms with Crippen molar-refractivity contribution >= 4 is 11.6 Å². The molecule has 7 rings (SSSR count). The van der Waals surface area contributed by atoms with Crippen molar-refractivity contribution < 1.29 is 5.11 Å². The Morgan fingerprint density at radius 3 is 1.89 bits per heavy atom. The topological polar surface area (TPSA) is 38.0 Å². The van der Waals surface area contributed by atoms with Gasteiger partial charge < -0.3 is 9.67 Å². The van der Waals surface area contributed by atoms with Crippen molar-refractivity contribution in [1.82, 2.24) is 9.55 Å². The molecule has 2 aliphatic carbocycles. The Morgan fingerprint density at radius 1 is 0.789 bits per heavy atom. The second-order valence-electron chi connectivity index (χ2n) is 10.9. The first kappa shape index (κ1) is 23.5. The molecule has 1 saturated carbocycles. The number of hydrogen-bond donors (Lipinski definition) is 1. The average Bonchev–Trinajstić information content (AvgIpc) is 3.26. The lowest BCUT2D eigenvalue weighted by Gasteiger charge is -2.37. The number of aromatic nitrogens is 2. The fourth-order valence-electron chi connectivity index (χ4n) is 7.10. The monoisotopic (exact) mass is 516 g/mol. The normalized spacial score (nSPS) is 21.4. The van der Waals surface area contributed by atoms with E-state index in [9.17, 15) is 5.11 Å². The van der Waals surface area contributed by atoms with Crippen molar-refractivity contribution in [3.8, 4) is 0 Å². The predicted molar refractivity (Wildman–Crippen MR) is 151 cm³/mol. The molecule has 4 atom stereocenters. The first-order valence-corrected chi connectivity index (χ1v) is 13.6. The minimum Gasteiger partial charge on any atom is -0.383 e. The molecular formula is C34H29ClN2O. The van der Waals surface area contributed by atoms with Gasteiger partial charge in [0.15, 0.2) is 0 Å². The Morgan fingerprint density at radius 2 is 1.34 bits per heavy atom. The Bertz CT molecular complexity index is 1500. The van der Waals surface area contributed by atoms with Gasteiger partial charge in [0.05, 0.1) is 12.0 Å². The molecule has 0 radical (unpaired) electrons. The summed E-state index contributed by atoms with van der Waals surface area (Å²) >= 11 is 6.62. The molecule has 1 aromatic heterocycles. The van der Waals surface area contributed by atoms with E-state index >= 15 is 0 Å². The molecule has 2 aliphatic rings. The SMILES string of the molecule is CC(O)(c1cn(C(c2ccccc2)(c2ccccc2)c2ccccc2)cn1)C1C2Cc3cccc(Cl)c3C21. The highest BCUT2D eigenvalue weighted by molar-refractivity contribution is 6.31. The van der Waals surface area contributed by atoms with Crippen molar-refractivity contribution in [2.75, 3.05) is 0 Å². The Hall–Kier alpha value is -3.66. The van der Waals surface area contributed by atoms with Crippen molar-refractivity contribution in [1.29, 1.82) is 0 Å². The molecule has 1 fully saturated rings. The van der Waals surface area contributed by atoms with E-state index in [0.717, 1.165) is 28.1 Å². The van der Waals surface area contributed by atoms with E-state index < -0.39 is 11.1 Å². The van der Waals surface area contributed by atoms with Gasteiger partial charge in [-0.05, 0) is 59.1 Å². The third-order valence-corrected chi connectivity index (χ3v) is 9.14. The van der Waals surface area contributed by atoms with Crippen LogP contribution in [-0.2, 0) is 17.6 Å². The molecule has 188 valence electrons. The molecule has 4 unspecified atom stereocenters. The molecule has 1 N–H and O–H groups in total. The Kier molecular flexibility index (Phi) is 5.36. The van der Waals surface area contributed by atoms with Gasteiger partial charge in [0.2, 0.25) is 0 Å². The van der Waals surface area contributed by atoms with Crippen LogP contribution in [0.3, 0.4) is 0 Å². The average molecular weight is 517 g/mol. The maximum Gasteiger partial charge on any atom is 0.121 e. The summed E-state index contributed by atoms with van der Waals surface area (Å²) in [4.78, 5) is 4.88. The number of aliphatic hydroxyl groups is 1. The number of fused-ring (bicyclic) bond motifs is 3. The van der Waals surface area contributed by atoms with Crippen LogP contribution in [0.2, 0.25) is 5.02 Å². The van der Waals surface area contributed by atoms with E-state index in [4.69, 9.17) is 16.6 Å². The number of nitrogens with zero attached hydrogens (tertiary/aromatic N) is 2. The minimum atomic E-state index is -1.08. The van der Waals surface area contributed by atoms with Crippen LogP contribution < -0.4 is 0 Å². The molecule has 0 spiro atoms. The number of halogens is 1. The maximum absolute atomic E-state index is 12.0. The second-order valence-corrected chi connectivity index (χ2v) is 11.3. The van der Waals surface area contributed by atoms with E-state index in [-0.39, 0.29) is 11.8 Å². The third kappa shape index (κ3) is 3.35. The zero-order valence-electron chi connectivity index (χ0n) is 21.2. The zero-order valence-corrected chi connectivity index (χ0v) is 22.0. The van der Waals surface area contributed by atoms with Gasteiger partial charge in [-0.1, -0.05) is 115 Å². The van der Waals surface area contributed by atoms with E-state index in [0.29, 0.717) is 11.6 Å². The zero-order chi connectivity index (χ0) is 25.9. The maximum atomic E-state index is 12.0. The first-order valence-electron chi connectivity index (χ1n) is 13.2. The molecular weight excluding hydrogens is 488 g/mol. The van der Waals surface area contributed by atoms with Gasteiger partial charge in [-0.3, -0.25) is 0 Å². The van der Waals surface area contributed by atoms with E-state index in [1.807, 2.05) is 43.6 Å². The van der Waals surface area contributed by atoms with Crippen LogP contribution in [0.1, 0.15) is 46.4 Å². The molecule has 38 heavy (non-hydrogen) atoms. The highest BCUT2D eigenvalue weighted by atomic mass is 35.5. The van der Waals surface area contributed by atoms with Crippen molar-refractivity contribution in [3.05, 3.63) is 160 Å². The van der Waals surface area contributed by atoms with Crippen molar-refractivity contribution in [2.24, 2.45) is 11.8 Å². The highest BCUT2D eigenvalue weighted by Crippen LogP contribution is 2.68. The first-order chi connectivity index (χ1) is 18.5. The fraction of sp³-hybridized carbons (Fsp3) is 0.206. The lowest BCUT2D eigenvalue weighted by Crippen LogP contribution is -2.37. The molecule has 5 aromatic rings. The molecule has 0 bridgehead atoms. The smallest absolute Gasteiger partial charge is 0.121 e. The van der Waals surface area contributed by atoms with Crippen molar-refractivity contribution in [3.63, 3.8) is 0 Å². The number of hydrogen-bond acceptors (Lipinski definition) is 2. The minimum absolute atomic E-state index is 0.0952. The number of imidazole rings is 1. The van der Waals surface area contributed by atoms with E-state index in [1.54, 1.807) is 0 Å². The summed E-state index contributed by atoms with van der Waals surface area (Å²) < 4.78 is 2.18. The van der Waals surface area contributed by atoms with Crippen LogP contribution in [0, 0.1) is 11.8 Å². The summed E-state index contributed by atoms with van der Waals surface area (Å²) in [6, 6.07) is 37.8. The van der Waals surface area contributed by atoms with Crippen LogP contribution in [0.4, 0.5) is 0 Å². The number of benzene rings is 4. The predicted octanol–water partition coefficient (Wildman–Crippen LogP) is 7.17. The van der Waals surface area contributed by atoms with Gasteiger partial charge in [-0.2, -0.15) is 0 Å². The third-order valence-electron chi connectivity index (χ3n) is 8.81.